The number of rotatable bonds is 3. The summed E-state index contributed by atoms with van der Waals surface area (Å²) in [6.45, 7) is 4.09. The summed E-state index contributed by atoms with van der Waals surface area (Å²) in [5.41, 5.74) is 0.841. The highest BCUT2D eigenvalue weighted by atomic mass is 35.5. The molecule has 0 saturated carbocycles. The molecule has 0 spiro atoms. The maximum atomic E-state index is 12.2. The second-order valence-electron chi connectivity index (χ2n) is 5.92. The first-order chi connectivity index (χ1) is 10.6. The van der Waals surface area contributed by atoms with Crippen molar-refractivity contribution in [1.29, 1.82) is 0 Å². The molecule has 2 atom stereocenters. The summed E-state index contributed by atoms with van der Waals surface area (Å²) in [5, 5.41) is 6.98. The fourth-order valence-electron chi connectivity index (χ4n) is 2.99. The number of carbonyl (C=O) groups excluding carboxylic acids is 1. The van der Waals surface area contributed by atoms with Crippen LogP contribution in [0, 0.1) is 0 Å². The number of hydrogen-bond donors (Lipinski definition) is 2. The van der Waals surface area contributed by atoms with E-state index in [9.17, 15) is 4.79 Å². The zero-order valence-electron chi connectivity index (χ0n) is 13.1. The smallest absolute Gasteiger partial charge is 0.224 e. The van der Waals surface area contributed by atoms with Gasteiger partial charge in [0.1, 0.15) is 13.2 Å². The standard InChI is InChI=1S/C16H21ClN2O3.ClH/c1-10-6-12(2-3-18-10)19-15(20)9-11-7-13(17)16-14(8-11)21-4-5-22-16;/h7-8,10,12,18H,2-6,9H2,1H3,(H,19,20);1H. The van der Waals surface area contributed by atoms with Crippen LogP contribution in [0.5, 0.6) is 11.5 Å². The number of amides is 1. The molecule has 5 nitrogen and oxygen atoms in total. The third-order valence-corrected chi connectivity index (χ3v) is 4.29. The molecule has 7 heteroatoms. The Kier molecular flexibility index (Phi) is 6.39. The topological polar surface area (TPSA) is 59.6 Å². The molecule has 3 rings (SSSR count). The lowest BCUT2D eigenvalue weighted by molar-refractivity contribution is -0.121. The van der Waals surface area contributed by atoms with Gasteiger partial charge < -0.3 is 20.1 Å². The molecule has 1 aromatic carbocycles. The minimum atomic E-state index is 0. The molecule has 2 aliphatic heterocycles. The van der Waals surface area contributed by atoms with Gasteiger partial charge in [0.2, 0.25) is 5.91 Å². The lowest BCUT2D eigenvalue weighted by Gasteiger charge is -2.28. The fraction of sp³-hybridized carbons (Fsp3) is 0.562. The van der Waals surface area contributed by atoms with Gasteiger partial charge in [0.25, 0.3) is 0 Å². The average Bonchev–Trinajstić information content (AvgIpc) is 2.47. The van der Waals surface area contributed by atoms with E-state index in [-0.39, 0.29) is 24.4 Å². The first kappa shape index (κ1) is 18.2. The van der Waals surface area contributed by atoms with Crippen molar-refractivity contribution in [1.82, 2.24) is 10.6 Å². The minimum absolute atomic E-state index is 0. The molecule has 0 aliphatic carbocycles. The molecule has 23 heavy (non-hydrogen) atoms. The van der Waals surface area contributed by atoms with Gasteiger partial charge in [-0.2, -0.15) is 0 Å². The Bertz CT molecular complexity index is 569. The molecule has 0 radical (unpaired) electrons. The number of ether oxygens (including phenoxy) is 2. The number of halogens is 2. The number of benzene rings is 1. The van der Waals surface area contributed by atoms with Gasteiger partial charge in [-0.1, -0.05) is 11.6 Å². The number of fused-ring (bicyclic) bond motifs is 1. The number of carbonyl (C=O) groups is 1. The summed E-state index contributed by atoms with van der Waals surface area (Å²) < 4.78 is 11.0. The molecule has 2 N–H and O–H groups in total. The zero-order chi connectivity index (χ0) is 15.5. The van der Waals surface area contributed by atoms with Crippen LogP contribution < -0.4 is 20.1 Å². The predicted octanol–water partition coefficient (Wildman–Crippen LogP) is 2.33. The summed E-state index contributed by atoms with van der Waals surface area (Å²) in [5.74, 6) is 1.22. The van der Waals surface area contributed by atoms with Crippen molar-refractivity contribution in [2.45, 2.75) is 38.3 Å². The van der Waals surface area contributed by atoms with Gasteiger partial charge in [-0.25, -0.2) is 0 Å². The van der Waals surface area contributed by atoms with Crippen molar-refractivity contribution in [3.8, 4) is 11.5 Å². The van der Waals surface area contributed by atoms with E-state index in [0.717, 1.165) is 24.9 Å². The van der Waals surface area contributed by atoms with Gasteiger partial charge in [-0.05, 0) is 44.0 Å². The van der Waals surface area contributed by atoms with Crippen LogP contribution >= 0.6 is 24.0 Å². The zero-order valence-corrected chi connectivity index (χ0v) is 14.6. The van der Waals surface area contributed by atoms with Gasteiger partial charge in [-0.15, -0.1) is 12.4 Å². The molecular weight excluding hydrogens is 339 g/mol. The van der Waals surface area contributed by atoms with Crippen LogP contribution in [-0.2, 0) is 11.2 Å². The van der Waals surface area contributed by atoms with Gasteiger partial charge in [-0.3, -0.25) is 4.79 Å². The Hall–Kier alpha value is -1.17. The van der Waals surface area contributed by atoms with Crippen LogP contribution in [0.15, 0.2) is 12.1 Å². The molecule has 0 aromatic heterocycles. The van der Waals surface area contributed by atoms with Crippen LogP contribution in [0.4, 0.5) is 0 Å². The van der Waals surface area contributed by atoms with E-state index in [0.29, 0.717) is 42.2 Å². The summed E-state index contributed by atoms with van der Waals surface area (Å²) in [6, 6.07) is 4.31. The molecule has 1 amide bonds. The summed E-state index contributed by atoms with van der Waals surface area (Å²) in [7, 11) is 0. The third kappa shape index (κ3) is 4.66. The highest BCUT2D eigenvalue weighted by Gasteiger charge is 2.21. The van der Waals surface area contributed by atoms with Crippen LogP contribution in [0.2, 0.25) is 5.02 Å². The Balaban J connectivity index is 0.00000192. The average molecular weight is 361 g/mol. The Labute approximate surface area is 147 Å². The first-order valence-electron chi connectivity index (χ1n) is 7.72. The largest absolute Gasteiger partial charge is 0.486 e. The molecule has 1 aromatic rings. The fourth-order valence-corrected chi connectivity index (χ4v) is 3.28. The normalized spacial score (nSPS) is 22.9. The predicted molar refractivity (Wildman–Crippen MR) is 92.0 cm³/mol. The molecule has 1 saturated heterocycles. The summed E-state index contributed by atoms with van der Waals surface area (Å²) in [4.78, 5) is 12.2. The van der Waals surface area contributed by atoms with Gasteiger partial charge in [0.05, 0.1) is 11.4 Å². The van der Waals surface area contributed by atoms with Gasteiger partial charge in [0, 0.05) is 12.1 Å². The Morgan fingerprint density at radius 3 is 2.96 bits per heavy atom. The summed E-state index contributed by atoms with van der Waals surface area (Å²) >= 11 is 6.20. The lowest BCUT2D eigenvalue weighted by Crippen LogP contribution is -2.46. The second-order valence-corrected chi connectivity index (χ2v) is 6.33. The van der Waals surface area contributed by atoms with E-state index in [1.165, 1.54) is 0 Å². The Morgan fingerprint density at radius 2 is 2.17 bits per heavy atom. The maximum absolute atomic E-state index is 12.2. The van der Waals surface area contributed by atoms with Crippen molar-refractivity contribution in [2.24, 2.45) is 0 Å². The van der Waals surface area contributed by atoms with Gasteiger partial charge >= 0.3 is 0 Å². The number of nitrogens with one attached hydrogen (secondary N) is 2. The number of hydrogen-bond acceptors (Lipinski definition) is 4. The molecule has 2 unspecified atom stereocenters. The van der Waals surface area contributed by atoms with Crippen LogP contribution in [0.3, 0.4) is 0 Å². The quantitative estimate of drug-likeness (QED) is 0.868. The van der Waals surface area contributed by atoms with Crippen LogP contribution in [0.1, 0.15) is 25.3 Å². The van der Waals surface area contributed by atoms with Crippen LogP contribution in [0.25, 0.3) is 0 Å². The second kappa shape index (κ2) is 8.08. The molecule has 2 aliphatic rings. The minimum Gasteiger partial charge on any atom is -0.486 e. The van der Waals surface area contributed by atoms with Crippen molar-refractivity contribution in [3.63, 3.8) is 0 Å². The number of piperidine rings is 1. The Morgan fingerprint density at radius 1 is 1.39 bits per heavy atom. The molecule has 0 bridgehead atoms. The van der Waals surface area contributed by atoms with E-state index in [4.69, 9.17) is 21.1 Å². The van der Waals surface area contributed by atoms with Gasteiger partial charge in [0.15, 0.2) is 11.5 Å². The van der Waals surface area contributed by atoms with E-state index < -0.39 is 0 Å². The van der Waals surface area contributed by atoms with E-state index >= 15 is 0 Å². The van der Waals surface area contributed by atoms with Crippen molar-refractivity contribution < 1.29 is 14.3 Å². The molecule has 2 heterocycles. The van der Waals surface area contributed by atoms with Crippen molar-refractivity contribution in [3.05, 3.63) is 22.7 Å². The highest BCUT2D eigenvalue weighted by molar-refractivity contribution is 6.32. The molecular formula is C16H22Cl2N2O3. The third-order valence-electron chi connectivity index (χ3n) is 4.01. The van der Waals surface area contributed by atoms with Crippen LogP contribution in [-0.4, -0.2) is 37.7 Å². The van der Waals surface area contributed by atoms with E-state index in [1.54, 1.807) is 6.07 Å². The molecule has 1 fully saturated rings. The van der Waals surface area contributed by atoms with E-state index in [1.807, 2.05) is 6.07 Å². The maximum Gasteiger partial charge on any atom is 0.224 e. The highest BCUT2D eigenvalue weighted by Crippen LogP contribution is 2.38. The van der Waals surface area contributed by atoms with Crippen molar-refractivity contribution >= 4 is 29.9 Å². The lowest BCUT2D eigenvalue weighted by atomic mass is 10.00. The van der Waals surface area contributed by atoms with E-state index in [2.05, 4.69) is 17.6 Å². The monoisotopic (exact) mass is 360 g/mol. The summed E-state index contributed by atoms with van der Waals surface area (Å²) in [6.07, 6.45) is 2.24. The van der Waals surface area contributed by atoms with Crippen molar-refractivity contribution in [2.75, 3.05) is 19.8 Å². The SMILES string of the molecule is CC1CC(NC(=O)Cc2cc(Cl)c3c(c2)OCCO3)CCN1.Cl. The first-order valence-corrected chi connectivity index (χ1v) is 8.10. The molecule has 128 valence electrons.